The number of carbonyl (C=O) groups is 2. The second-order valence-corrected chi connectivity index (χ2v) is 14.2. The van der Waals surface area contributed by atoms with E-state index in [0.29, 0.717) is 5.56 Å². The standard InChI is InChI=1S/C14H19BO3.C13H12OS.C5H5BrS.2CO2/c1-10-6-7-11(9-16)12(8-10)15-17-13(2,3)14(4,5)18-15;1-9-3-4-11(8-14)12(7-9)13-10(2)5-6-15-13;1-4-2-3-7-5(4)6;2*2-1-3/h6-9H,1-5H3;3-8H,1-2H3;2-3H,1H3;;. The van der Waals surface area contributed by atoms with Gasteiger partial charge in [0.05, 0.1) is 15.0 Å². The normalized spacial score (nSPS) is 13.4. The van der Waals surface area contributed by atoms with E-state index in [9.17, 15) is 9.59 Å². The van der Waals surface area contributed by atoms with Crippen LogP contribution in [0.3, 0.4) is 0 Å². The van der Waals surface area contributed by atoms with E-state index in [0.717, 1.165) is 34.7 Å². The van der Waals surface area contributed by atoms with Crippen molar-refractivity contribution in [3.63, 3.8) is 0 Å². The maximum atomic E-state index is 11.1. The Bertz CT molecular complexity index is 1620. The molecule has 0 unspecified atom stereocenters. The first-order valence-corrected chi connectivity index (χ1v) is 16.4. The minimum atomic E-state index is -0.477. The SMILES string of the molecule is Cc1ccc(C=O)c(-c2sccc2C)c1.Cc1ccc(C=O)c(B2OC(C)(C)C(C)(C)O2)c1.Cc1ccsc1Br.O=C=O.O=C=O. The molecule has 1 aliphatic heterocycles. The molecule has 5 rings (SSSR count). The van der Waals surface area contributed by atoms with Gasteiger partial charge in [-0.1, -0.05) is 41.5 Å². The van der Waals surface area contributed by atoms with Crippen LogP contribution in [-0.4, -0.2) is 43.2 Å². The van der Waals surface area contributed by atoms with Crippen molar-refractivity contribution in [3.8, 4) is 10.4 Å². The van der Waals surface area contributed by atoms with Crippen molar-refractivity contribution in [1.29, 1.82) is 0 Å². The Hall–Kier alpha value is -3.60. The third kappa shape index (κ3) is 11.6. The number of aryl methyl sites for hydroxylation is 4. The number of rotatable bonds is 4. The van der Waals surface area contributed by atoms with Gasteiger partial charge in [0.1, 0.15) is 6.29 Å². The van der Waals surface area contributed by atoms with E-state index in [1.54, 1.807) is 22.7 Å². The maximum absolute atomic E-state index is 11.1. The summed E-state index contributed by atoms with van der Waals surface area (Å²) in [7, 11) is -0.477. The lowest BCUT2D eigenvalue weighted by Gasteiger charge is -2.32. The monoisotopic (exact) mass is 726 g/mol. The number of halogens is 1. The molecule has 1 saturated heterocycles. The van der Waals surface area contributed by atoms with Crippen LogP contribution < -0.4 is 5.46 Å². The molecule has 1 fully saturated rings. The molecular weight excluding hydrogens is 691 g/mol. The molecule has 0 bridgehead atoms. The highest BCUT2D eigenvalue weighted by Crippen LogP contribution is 2.36. The molecule has 1 aliphatic rings. The summed E-state index contributed by atoms with van der Waals surface area (Å²) < 4.78 is 13.2. The Morgan fingerprint density at radius 1 is 0.696 bits per heavy atom. The van der Waals surface area contributed by atoms with E-state index >= 15 is 0 Å². The molecular formula is C34H36BBrO8S2. The van der Waals surface area contributed by atoms with E-state index in [2.05, 4.69) is 58.7 Å². The molecule has 2 aromatic carbocycles. The number of benzene rings is 2. The molecule has 2 aromatic heterocycles. The lowest BCUT2D eigenvalue weighted by atomic mass is 9.75. The van der Waals surface area contributed by atoms with Crippen LogP contribution in [0.1, 0.15) is 70.7 Å². The molecule has 3 heterocycles. The number of carbonyl (C=O) groups excluding carboxylic acids is 6. The lowest BCUT2D eigenvalue weighted by Crippen LogP contribution is -2.41. The van der Waals surface area contributed by atoms with Gasteiger partial charge in [0.25, 0.3) is 0 Å². The van der Waals surface area contributed by atoms with Crippen molar-refractivity contribution in [3.05, 3.63) is 96.5 Å². The van der Waals surface area contributed by atoms with Gasteiger partial charge in [0.15, 0.2) is 6.29 Å². The molecule has 0 aliphatic carbocycles. The minimum Gasteiger partial charge on any atom is -0.399 e. The van der Waals surface area contributed by atoms with E-state index in [-0.39, 0.29) is 23.5 Å². The number of aldehydes is 2. The van der Waals surface area contributed by atoms with Gasteiger partial charge in [-0.2, -0.15) is 19.2 Å². The second-order valence-electron chi connectivity index (χ2n) is 11.0. The van der Waals surface area contributed by atoms with Crippen LogP contribution in [0.25, 0.3) is 10.4 Å². The van der Waals surface area contributed by atoms with Crippen molar-refractivity contribution in [2.45, 2.75) is 66.6 Å². The van der Waals surface area contributed by atoms with Crippen LogP contribution in [0, 0.1) is 27.7 Å². The molecule has 8 nitrogen and oxygen atoms in total. The van der Waals surface area contributed by atoms with Gasteiger partial charge >= 0.3 is 19.4 Å². The summed E-state index contributed by atoms with van der Waals surface area (Å²) in [6, 6.07) is 15.8. The van der Waals surface area contributed by atoms with Gasteiger partial charge < -0.3 is 9.31 Å². The molecule has 46 heavy (non-hydrogen) atoms. The van der Waals surface area contributed by atoms with Crippen LogP contribution in [0.5, 0.6) is 0 Å². The Morgan fingerprint density at radius 3 is 1.54 bits per heavy atom. The topological polar surface area (TPSA) is 121 Å². The van der Waals surface area contributed by atoms with E-state index in [4.69, 9.17) is 28.5 Å². The Labute approximate surface area is 286 Å². The van der Waals surface area contributed by atoms with Crippen molar-refractivity contribution in [2.75, 3.05) is 0 Å². The zero-order chi connectivity index (χ0) is 35.1. The molecule has 0 amide bonds. The average Bonchev–Trinajstić information content (AvgIpc) is 3.65. The highest BCUT2D eigenvalue weighted by Gasteiger charge is 2.52. The van der Waals surface area contributed by atoms with Crippen molar-refractivity contribution in [2.24, 2.45) is 0 Å². The molecule has 0 N–H and O–H groups in total. The molecule has 242 valence electrons. The molecule has 0 saturated carbocycles. The van der Waals surface area contributed by atoms with Gasteiger partial charge in [-0.05, 0) is 117 Å². The minimum absolute atomic E-state index is 0.250. The Balaban J connectivity index is 0.000000337. The van der Waals surface area contributed by atoms with Crippen LogP contribution in [0.2, 0.25) is 0 Å². The van der Waals surface area contributed by atoms with Gasteiger partial charge in [0, 0.05) is 21.6 Å². The number of hydrogen-bond acceptors (Lipinski definition) is 10. The van der Waals surface area contributed by atoms with Gasteiger partial charge in [-0.25, -0.2) is 0 Å². The van der Waals surface area contributed by atoms with Gasteiger partial charge in [0.2, 0.25) is 0 Å². The summed E-state index contributed by atoms with van der Waals surface area (Å²) in [4.78, 5) is 55.8. The Morgan fingerprint density at radius 2 is 1.15 bits per heavy atom. The number of thiophene rings is 2. The zero-order valence-corrected chi connectivity index (χ0v) is 30.2. The molecule has 12 heteroatoms. The van der Waals surface area contributed by atoms with Crippen molar-refractivity contribution in [1.82, 2.24) is 0 Å². The molecule has 0 spiro atoms. The summed E-state index contributed by atoms with van der Waals surface area (Å²) in [5, 5.41) is 4.13. The van der Waals surface area contributed by atoms with Gasteiger partial charge in [-0.3, -0.25) is 9.59 Å². The smallest absolute Gasteiger partial charge is 0.399 e. The molecule has 4 aromatic rings. The summed E-state index contributed by atoms with van der Waals surface area (Å²) in [5.74, 6) is 0. The fraction of sp³-hybridized carbons (Fsp3) is 0.294. The fourth-order valence-corrected chi connectivity index (χ4v) is 6.02. The van der Waals surface area contributed by atoms with E-state index in [1.165, 1.54) is 25.4 Å². The first kappa shape index (κ1) is 40.4. The van der Waals surface area contributed by atoms with E-state index in [1.807, 2.05) is 71.9 Å². The molecule has 0 radical (unpaired) electrons. The number of hydrogen-bond donors (Lipinski definition) is 0. The van der Waals surface area contributed by atoms with Crippen LogP contribution in [-0.2, 0) is 28.5 Å². The highest BCUT2D eigenvalue weighted by atomic mass is 79.9. The third-order valence-corrected chi connectivity index (χ3v) is 10.2. The maximum Gasteiger partial charge on any atom is 0.495 e. The summed E-state index contributed by atoms with van der Waals surface area (Å²) >= 11 is 6.79. The molecule has 0 atom stereocenters. The lowest BCUT2D eigenvalue weighted by molar-refractivity contribution is -0.193. The van der Waals surface area contributed by atoms with Crippen LogP contribution in [0.15, 0.2) is 63.1 Å². The van der Waals surface area contributed by atoms with Crippen LogP contribution >= 0.6 is 38.6 Å². The fourth-order valence-electron chi connectivity index (χ4n) is 3.95. The van der Waals surface area contributed by atoms with Gasteiger partial charge in [-0.15, -0.1) is 22.7 Å². The zero-order valence-electron chi connectivity index (χ0n) is 27.0. The average molecular weight is 728 g/mol. The highest BCUT2D eigenvalue weighted by molar-refractivity contribution is 9.11. The largest absolute Gasteiger partial charge is 0.495 e. The third-order valence-electron chi connectivity index (χ3n) is 7.12. The quantitative estimate of drug-likeness (QED) is 0.156. The second kappa shape index (κ2) is 19.2. The van der Waals surface area contributed by atoms with Crippen molar-refractivity contribution < 1.29 is 38.1 Å². The summed E-state index contributed by atoms with van der Waals surface area (Å²) in [6.07, 6.45) is 2.27. The predicted octanol–water partition coefficient (Wildman–Crippen LogP) is 7.60. The first-order valence-electron chi connectivity index (χ1n) is 13.8. The van der Waals surface area contributed by atoms with Crippen LogP contribution in [0.4, 0.5) is 0 Å². The van der Waals surface area contributed by atoms with Crippen molar-refractivity contribution >= 4 is 76.1 Å². The predicted molar refractivity (Wildman–Crippen MR) is 184 cm³/mol. The van der Waals surface area contributed by atoms with E-state index < -0.39 is 7.12 Å². The summed E-state index contributed by atoms with van der Waals surface area (Å²) in [5.41, 5.74) is 7.31. The first-order chi connectivity index (χ1) is 21.6. The Kier molecular flexibility index (Phi) is 16.8. The summed E-state index contributed by atoms with van der Waals surface area (Å²) in [6.45, 7) is 16.2.